The van der Waals surface area contributed by atoms with E-state index in [1.54, 1.807) is 0 Å². The van der Waals surface area contributed by atoms with Crippen molar-refractivity contribution in [1.82, 2.24) is 5.32 Å². The number of ether oxygens (including phenoxy) is 1. The zero-order chi connectivity index (χ0) is 15.9. The van der Waals surface area contributed by atoms with Crippen molar-refractivity contribution in [3.63, 3.8) is 0 Å². The second-order valence-corrected chi connectivity index (χ2v) is 5.13. The van der Waals surface area contributed by atoms with Gasteiger partial charge in [0, 0.05) is 0 Å². The van der Waals surface area contributed by atoms with E-state index in [2.05, 4.69) is 24.4 Å². The Hall–Kier alpha value is -2.36. The number of carbonyl (C=O) groups is 1. The number of amides is 1. The average molecular weight is 301 g/mol. The lowest BCUT2D eigenvalue weighted by Gasteiger charge is -2.15. The minimum Gasteiger partial charge on any atom is -0.484 e. The summed E-state index contributed by atoms with van der Waals surface area (Å²) in [6.07, 6.45) is 0.993. The molecule has 0 aliphatic carbocycles. The third-order valence-corrected chi connectivity index (χ3v) is 3.45. The maximum Gasteiger partial charge on any atom is 0.258 e. The molecule has 2 aromatic carbocycles. The summed E-state index contributed by atoms with van der Waals surface area (Å²) < 4.78 is 18.1. The summed E-state index contributed by atoms with van der Waals surface area (Å²) >= 11 is 0. The third kappa shape index (κ3) is 4.58. The molecule has 0 fully saturated rings. The second-order valence-electron chi connectivity index (χ2n) is 5.13. The first-order valence-electron chi connectivity index (χ1n) is 7.35. The first-order chi connectivity index (χ1) is 10.6. The SMILES string of the molecule is CCc1ccc([C@H](C)NC(=O)COc2ccc(F)cc2)cc1. The molecule has 0 bridgehead atoms. The maximum absolute atomic E-state index is 12.8. The van der Waals surface area contributed by atoms with Crippen molar-refractivity contribution in [3.8, 4) is 5.75 Å². The number of benzene rings is 2. The highest BCUT2D eigenvalue weighted by molar-refractivity contribution is 5.78. The highest BCUT2D eigenvalue weighted by Crippen LogP contribution is 2.14. The molecule has 1 atom stereocenters. The smallest absolute Gasteiger partial charge is 0.258 e. The zero-order valence-corrected chi connectivity index (χ0v) is 12.8. The van der Waals surface area contributed by atoms with Gasteiger partial charge in [-0.1, -0.05) is 31.2 Å². The number of aryl methyl sites for hydroxylation is 1. The fraction of sp³-hybridized carbons (Fsp3) is 0.278. The summed E-state index contributed by atoms with van der Waals surface area (Å²) in [6, 6.07) is 13.7. The van der Waals surface area contributed by atoms with Crippen molar-refractivity contribution in [2.45, 2.75) is 26.3 Å². The van der Waals surface area contributed by atoms with Gasteiger partial charge < -0.3 is 10.1 Å². The Labute approximate surface area is 130 Å². The zero-order valence-electron chi connectivity index (χ0n) is 12.8. The van der Waals surface area contributed by atoms with Crippen molar-refractivity contribution in [3.05, 3.63) is 65.5 Å². The van der Waals surface area contributed by atoms with Crippen LogP contribution in [0, 0.1) is 5.82 Å². The molecule has 1 N–H and O–H groups in total. The van der Waals surface area contributed by atoms with Gasteiger partial charge in [-0.25, -0.2) is 4.39 Å². The molecule has 0 unspecified atom stereocenters. The van der Waals surface area contributed by atoms with Crippen molar-refractivity contribution in [2.75, 3.05) is 6.61 Å². The fourth-order valence-electron chi connectivity index (χ4n) is 2.09. The molecule has 0 heterocycles. The Bertz CT molecular complexity index is 608. The lowest BCUT2D eigenvalue weighted by molar-refractivity contribution is -0.123. The molecule has 2 rings (SSSR count). The predicted octanol–water partition coefficient (Wildman–Crippen LogP) is 3.64. The van der Waals surface area contributed by atoms with Crippen LogP contribution in [0.2, 0.25) is 0 Å². The van der Waals surface area contributed by atoms with E-state index in [1.165, 1.54) is 29.8 Å². The third-order valence-electron chi connectivity index (χ3n) is 3.45. The molecule has 0 aliphatic rings. The van der Waals surface area contributed by atoms with Crippen LogP contribution in [-0.4, -0.2) is 12.5 Å². The van der Waals surface area contributed by atoms with Gasteiger partial charge in [0.25, 0.3) is 5.91 Å². The van der Waals surface area contributed by atoms with E-state index in [0.29, 0.717) is 5.75 Å². The molecule has 0 aromatic heterocycles. The normalized spacial score (nSPS) is 11.8. The van der Waals surface area contributed by atoms with Gasteiger partial charge in [0.2, 0.25) is 0 Å². The first kappa shape index (κ1) is 16.0. The van der Waals surface area contributed by atoms with Crippen LogP contribution >= 0.6 is 0 Å². The number of halogens is 1. The topological polar surface area (TPSA) is 38.3 Å². The Kier molecular flexibility index (Phi) is 5.53. The van der Waals surface area contributed by atoms with Crippen molar-refractivity contribution in [2.24, 2.45) is 0 Å². The summed E-state index contributed by atoms with van der Waals surface area (Å²) in [5.74, 6) is -0.0751. The molecule has 3 nitrogen and oxygen atoms in total. The summed E-state index contributed by atoms with van der Waals surface area (Å²) in [4.78, 5) is 11.9. The Morgan fingerprint density at radius 3 is 2.36 bits per heavy atom. The average Bonchev–Trinajstić information content (AvgIpc) is 2.54. The highest BCUT2D eigenvalue weighted by Gasteiger charge is 2.10. The molecule has 0 aliphatic heterocycles. The van der Waals surface area contributed by atoms with Crippen molar-refractivity contribution >= 4 is 5.91 Å². The molecular weight excluding hydrogens is 281 g/mol. The molecule has 22 heavy (non-hydrogen) atoms. The van der Waals surface area contributed by atoms with Gasteiger partial charge in [0.1, 0.15) is 11.6 Å². The lowest BCUT2D eigenvalue weighted by Crippen LogP contribution is -2.31. The van der Waals surface area contributed by atoms with Crippen LogP contribution < -0.4 is 10.1 Å². The van der Waals surface area contributed by atoms with E-state index in [-0.39, 0.29) is 24.4 Å². The number of nitrogens with one attached hydrogen (secondary N) is 1. The number of rotatable bonds is 6. The van der Waals surface area contributed by atoms with Crippen LogP contribution in [0.5, 0.6) is 5.75 Å². The van der Waals surface area contributed by atoms with Crippen molar-refractivity contribution < 1.29 is 13.9 Å². The van der Waals surface area contributed by atoms with E-state index >= 15 is 0 Å². The van der Waals surface area contributed by atoms with Crippen LogP contribution in [0.15, 0.2) is 48.5 Å². The van der Waals surface area contributed by atoms with Crippen LogP contribution in [0.25, 0.3) is 0 Å². The van der Waals surface area contributed by atoms with Gasteiger partial charge in [0.15, 0.2) is 6.61 Å². The van der Waals surface area contributed by atoms with E-state index in [4.69, 9.17) is 4.74 Å². The molecule has 4 heteroatoms. The Balaban J connectivity index is 1.83. The molecule has 0 saturated carbocycles. The minimum atomic E-state index is -0.332. The highest BCUT2D eigenvalue weighted by atomic mass is 19.1. The maximum atomic E-state index is 12.8. The molecule has 0 radical (unpaired) electrons. The van der Waals surface area contributed by atoms with Gasteiger partial charge in [-0.15, -0.1) is 0 Å². The molecule has 0 spiro atoms. The van der Waals surface area contributed by atoms with Crippen LogP contribution in [0.3, 0.4) is 0 Å². The largest absolute Gasteiger partial charge is 0.484 e. The van der Waals surface area contributed by atoms with Crippen LogP contribution in [-0.2, 0) is 11.2 Å². The molecule has 1 amide bonds. The second kappa shape index (κ2) is 7.59. The molecule has 0 saturated heterocycles. The first-order valence-corrected chi connectivity index (χ1v) is 7.35. The summed E-state index contributed by atoms with van der Waals surface area (Å²) in [5.41, 5.74) is 2.31. The monoisotopic (exact) mass is 301 g/mol. The van der Waals surface area contributed by atoms with E-state index in [9.17, 15) is 9.18 Å². The number of hydrogen-bond acceptors (Lipinski definition) is 2. The molecule has 116 valence electrons. The predicted molar refractivity (Wildman–Crippen MR) is 84.3 cm³/mol. The quantitative estimate of drug-likeness (QED) is 0.884. The fourth-order valence-corrected chi connectivity index (χ4v) is 2.09. The van der Waals surface area contributed by atoms with Gasteiger partial charge >= 0.3 is 0 Å². The van der Waals surface area contributed by atoms with Crippen molar-refractivity contribution in [1.29, 1.82) is 0 Å². The van der Waals surface area contributed by atoms with Gasteiger partial charge in [-0.2, -0.15) is 0 Å². The Morgan fingerprint density at radius 1 is 1.14 bits per heavy atom. The van der Waals surface area contributed by atoms with Gasteiger partial charge in [0.05, 0.1) is 6.04 Å². The molecule has 2 aromatic rings. The van der Waals surface area contributed by atoms with Gasteiger partial charge in [-0.3, -0.25) is 4.79 Å². The lowest BCUT2D eigenvalue weighted by atomic mass is 10.1. The van der Waals surface area contributed by atoms with E-state index in [0.717, 1.165) is 12.0 Å². The minimum absolute atomic E-state index is 0.0878. The number of carbonyl (C=O) groups excluding carboxylic acids is 1. The van der Waals surface area contributed by atoms with E-state index in [1.807, 2.05) is 19.1 Å². The Morgan fingerprint density at radius 2 is 1.77 bits per heavy atom. The summed E-state index contributed by atoms with van der Waals surface area (Å²) in [5, 5.41) is 2.88. The van der Waals surface area contributed by atoms with Crippen LogP contribution in [0.4, 0.5) is 4.39 Å². The molecular formula is C18H20FNO2. The van der Waals surface area contributed by atoms with Gasteiger partial charge in [-0.05, 0) is 48.7 Å². The van der Waals surface area contributed by atoms with E-state index < -0.39 is 0 Å². The summed E-state index contributed by atoms with van der Waals surface area (Å²) in [6.45, 7) is 3.94. The standard InChI is InChI=1S/C18H20FNO2/c1-3-14-4-6-15(7-5-14)13(2)20-18(21)12-22-17-10-8-16(19)9-11-17/h4-11,13H,3,12H2,1-2H3,(H,20,21)/t13-/m0/s1. The number of hydrogen-bond donors (Lipinski definition) is 1. The van der Waals surface area contributed by atoms with Crippen LogP contribution in [0.1, 0.15) is 31.0 Å². The summed E-state index contributed by atoms with van der Waals surface area (Å²) in [7, 11) is 0.